The fourth-order valence-corrected chi connectivity index (χ4v) is 5.07. The quantitative estimate of drug-likeness (QED) is 0.234. The predicted octanol–water partition coefficient (Wildman–Crippen LogP) is 4.14. The maximum absolute atomic E-state index is 13.4. The van der Waals surface area contributed by atoms with Gasteiger partial charge in [-0.1, -0.05) is 18.2 Å². The second kappa shape index (κ2) is 14.3. The van der Waals surface area contributed by atoms with Crippen molar-refractivity contribution in [1.29, 1.82) is 0 Å². The lowest BCUT2D eigenvalue weighted by molar-refractivity contribution is -0.142. The molecule has 10 nitrogen and oxygen atoms in total. The number of halogens is 1. The van der Waals surface area contributed by atoms with Crippen molar-refractivity contribution in [1.82, 2.24) is 15.2 Å². The molecule has 43 heavy (non-hydrogen) atoms. The first-order valence-corrected chi connectivity index (χ1v) is 14.7. The van der Waals surface area contributed by atoms with Gasteiger partial charge in [-0.2, -0.15) is 0 Å². The molecule has 0 bridgehead atoms. The molecule has 0 unspecified atom stereocenters. The highest BCUT2D eigenvalue weighted by atomic mass is 32.2. The number of ether oxygens (including phenoxy) is 2. The first-order chi connectivity index (χ1) is 20.6. The Balaban J connectivity index is 1.42. The molecule has 2 N–H and O–H groups in total. The molecule has 0 aliphatic carbocycles. The van der Waals surface area contributed by atoms with E-state index in [0.29, 0.717) is 11.4 Å². The summed E-state index contributed by atoms with van der Waals surface area (Å²) in [4.78, 5) is 32.0. The number of rotatable bonds is 13. The average molecular weight is 607 g/mol. The second-order valence-corrected chi connectivity index (χ2v) is 11.1. The maximum atomic E-state index is 13.4. The smallest absolute Gasteiger partial charge is 0.261 e. The van der Waals surface area contributed by atoms with E-state index in [1.54, 1.807) is 56.6 Å². The van der Waals surface area contributed by atoms with Gasteiger partial charge in [-0.15, -0.1) is 0 Å². The van der Waals surface area contributed by atoms with Crippen LogP contribution in [0.4, 0.5) is 10.1 Å². The van der Waals surface area contributed by atoms with Crippen LogP contribution in [0.2, 0.25) is 0 Å². The molecular weight excluding hydrogens is 575 g/mol. The summed E-state index contributed by atoms with van der Waals surface area (Å²) >= 11 is 0. The Morgan fingerprint density at radius 2 is 1.60 bits per heavy atom. The van der Waals surface area contributed by atoms with Crippen molar-refractivity contribution in [2.75, 3.05) is 18.4 Å². The van der Waals surface area contributed by atoms with Gasteiger partial charge in [-0.25, -0.2) is 12.8 Å². The third-order valence-corrected chi connectivity index (χ3v) is 7.84. The molecule has 2 amide bonds. The molecule has 0 aliphatic heterocycles. The first-order valence-electron chi connectivity index (χ1n) is 13.3. The summed E-state index contributed by atoms with van der Waals surface area (Å²) in [6.45, 7) is 1.57. The van der Waals surface area contributed by atoms with Gasteiger partial charge in [0.1, 0.15) is 23.4 Å². The van der Waals surface area contributed by atoms with Crippen LogP contribution in [0.3, 0.4) is 0 Å². The zero-order valence-corrected chi connectivity index (χ0v) is 24.4. The van der Waals surface area contributed by atoms with Gasteiger partial charge in [0, 0.05) is 18.4 Å². The van der Waals surface area contributed by atoms with Gasteiger partial charge in [-0.3, -0.25) is 19.3 Å². The highest BCUT2D eigenvalue weighted by Gasteiger charge is 2.27. The number of nitrogens with zero attached hydrogens (tertiary/aromatic N) is 2. The van der Waals surface area contributed by atoms with Crippen molar-refractivity contribution in [3.05, 3.63) is 114 Å². The van der Waals surface area contributed by atoms with Gasteiger partial charge in [0.2, 0.25) is 5.91 Å². The summed E-state index contributed by atoms with van der Waals surface area (Å²) in [5.74, 6) is -0.391. The van der Waals surface area contributed by atoms with Gasteiger partial charge in [-0.05, 0) is 85.3 Å². The maximum Gasteiger partial charge on any atom is 0.261 e. The Labute approximate surface area is 249 Å². The van der Waals surface area contributed by atoms with Crippen LogP contribution in [-0.2, 0) is 32.7 Å². The summed E-state index contributed by atoms with van der Waals surface area (Å²) < 4.78 is 51.8. The van der Waals surface area contributed by atoms with E-state index in [1.807, 2.05) is 6.07 Å². The molecule has 3 aromatic carbocycles. The van der Waals surface area contributed by atoms with E-state index in [1.165, 1.54) is 41.3 Å². The zero-order valence-electron chi connectivity index (χ0n) is 23.6. The second-order valence-electron chi connectivity index (χ2n) is 9.46. The van der Waals surface area contributed by atoms with E-state index in [-0.39, 0.29) is 35.3 Å². The molecule has 4 rings (SSSR count). The lowest BCUT2D eigenvalue weighted by Gasteiger charge is -2.28. The van der Waals surface area contributed by atoms with E-state index >= 15 is 0 Å². The average Bonchev–Trinajstić information content (AvgIpc) is 3.03. The van der Waals surface area contributed by atoms with Crippen LogP contribution in [0.25, 0.3) is 0 Å². The number of anilines is 1. The Morgan fingerprint density at radius 3 is 2.23 bits per heavy atom. The number of pyridine rings is 1. The number of methoxy groups -OCH3 is 1. The molecule has 1 aromatic heterocycles. The van der Waals surface area contributed by atoms with Crippen molar-refractivity contribution >= 4 is 27.5 Å². The molecule has 1 atom stereocenters. The monoisotopic (exact) mass is 606 g/mol. The van der Waals surface area contributed by atoms with Gasteiger partial charge < -0.3 is 19.7 Å². The fourth-order valence-electron chi connectivity index (χ4n) is 4.01. The molecule has 0 radical (unpaired) electrons. The number of nitrogens with one attached hydrogen (secondary N) is 2. The number of amides is 2. The largest absolute Gasteiger partial charge is 0.497 e. The van der Waals surface area contributed by atoms with Gasteiger partial charge in [0.25, 0.3) is 15.9 Å². The van der Waals surface area contributed by atoms with Crippen LogP contribution >= 0.6 is 0 Å². The van der Waals surface area contributed by atoms with Crippen LogP contribution < -0.4 is 19.5 Å². The van der Waals surface area contributed by atoms with E-state index in [2.05, 4.69) is 15.0 Å². The summed E-state index contributed by atoms with van der Waals surface area (Å²) in [6, 6.07) is 22.1. The number of benzene rings is 3. The lowest BCUT2D eigenvalue weighted by atomic mass is 10.1. The minimum absolute atomic E-state index is 0.0465. The van der Waals surface area contributed by atoms with Crippen LogP contribution in [0.1, 0.15) is 18.2 Å². The fraction of sp³-hybridized carbons (Fsp3) is 0.194. The molecule has 12 heteroatoms. The molecule has 0 spiro atoms. The Kier molecular flexibility index (Phi) is 10.3. The predicted molar refractivity (Wildman–Crippen MR) is 158 cm³/mol. The Morgan fingerprint density at radius 1 is 0.930 bits per heavy atom. The minimum Gasteiger partial charge on any atom is -0.497 e. The summed E-state index contributed by atoms with van der Waals surface area (Å²) in [5.41, 5.74) is 1.67. The third-order valence-electron chi connectivity index (χ3n) is 6.44. The summed E-state index contributed by atoms with van der Waals surface area (Å²) in [6.07, 6.45) is 1.63. The molecule has 0 aliphatic rings. The normalized spacial score (nSPS) is 11.7. The van der Waals surface area contributed by atoms with Crippen LogP contribution in [0.5, 0.6) is 11.5 Å². The van der Waals surface area contributed by atoms with Crippen LogP contribution in [0, 0.1) is 5.82 Å². The van der Waals surface area contributed by atoms with Crippen molar-refractivity contribution in [2.45, 2.75) is 31.0 Å². The van der Waals surface area contributed by atoms with Crippen molar-refractivity contribution in [3.8, 4) is 11.5 Å². The van der Waals surface area contributed by atoms with Crippen LogP contribution in [-0.4, -0.2) is 49.9 Å². The molecule has 0 saturated heterocycles. The number of hydrogen-bond donors (Lipinski definition) is 2. The molecule has 4 aromatic rings. The van der Waals surface area contributed by atoms with E-state index in [4.69, 9.17) is 9.47 Å². The molecular formula is C31H31FN4O6S. The van der Waals surface area contributed by atoms with Gasteiger partial charge in [0.05, 0.1) is 24.2 Å². The topological polar surface area (TPSA) is 127 Å². The van der Waals surface area contributed by atoms with Crippen molar-refractivity contribution < 1.29 is 31.9 Å². The number of carbonyl (C=O) groups is 2. The summed E-state index contributed by atoms with van der Waals surface area (Å²) in [5, 5.41) is 2.81. The third kappa shape index (κ3) is 8.76. The Bertz CT molecular complexity index is 1620. The molecule has 0 fully saturated rings. The Hall–Kier alpha value is -4.97. The molecule has 1 heterocycles. The number of aromatic nitrogens is 1. The lowest BCUT2D eigenvalue weighted by Crippen LogP contribution is -2.48. The highest BCUT2D eigenvalue weighted by Crippen LogP contribution is 2.20. The zero-order chi connectivity index (χ0) is 30.8. The molecule has 0 saturated carbocycles. The minimum atomic E-state index is -3.93. The number of hydrogen-bond acceptors (Lipinski definition) is 7. The highest BCUT2D eigenvalue weighted by molar-refractivity contribution is 7.92. The van der Waals surface area contributed by atoms with Crippen LogP contribution in [0.15, 0.2) is 102 Å². The van der Waals surface area contributed by atoms with E-state index < -0.39 is 34.4 Å². The van der Waals surface area contributed by atoms with Gasteiger partial charge >= 0.3 is 0 Å². The van der Waals surface area contributed by atoms with E-state index in [0.717, 1.165) is 17.7 Å². The number of carbonyl (C=O) groups excluding carboxylic acids is 2. The van der Waals surface area contributed by atoms with Crippen molar-refractivity contribution in [2.24, 2.45) is 0 Å². The summed E-state index contributed by atoms with van der Waals surface area (Å²) in [7, 11) is -2.38. The SMILES string of the molecule is COc1ccc(CN(C(=O)COc2ccc(S(=O)(=O)Nc3ccc(F)cc3)cc2)[C@H](C)C(=O)NCc2ccccn2)cc1. The number of sulfonamides is 1. The standard InChI is InChI=1S/C31H31FN4O6S/c1-22(31(38)34-19-26-5-3-4-18-33-26)36(20-23-6-12-27(41-2)13-7-23)30(37)21-42-28-14-16-29(17-15-28)43(39,40)35-25-10-8-24(32)9-11-25/h3-18,22,35H,19-21H2,1-2H3,(H,34,38)/t22-/m1/s1. The molecule has 224 valence electrons. The first kappa shape index (κ1) is 31.0. The van der Waals surface area contributed by atoms with Crippen molar-refractivity contribution in [3.63, 3.8) is 0 Å². The van der Waals surface area contributed by atoms with E-state index in [9.17, 15) is 22.4 Å². The van der Waals surface area contributed by atoms with Gasteiger partial charge in [0.15, 0.2) is 6.61 Å².